The number of methoxy groups -OCH3 is 3. The van der Waals surface area contributed by atoms with Gasteiger partial charge in [0.15, 0.2) is 18.1 Å². The number of nitrogens with zero attached hydrogens (tertiary/aromatic N) is 1. The molecule has 2 aromatic carbocycles. The largest absolute Gasteiger partial charge is 0.496 e. The van der Waals surface area contributed by atoms with Crippen molar-refractivity contribution in [2.24, 2.45) is 0 Å². The highest BCUT2D eigenvalue weighted by molar-refractivity contribution is 6.22. The zero-order chi connectivity index (χ0) is 23.3. The van der Waals surface area contributed by atoms with Gasteiger partial charge in [-0.3, -0.25) is 24.1 Å². The summed E-state index contributed by atoms with van der Waals surface area (Å²) in [5.41, 5.74) is 1.08. The number of benzene rings is 2. The first-order chi connectivity index (χ1) is 15.4. The quantitative estimate of drug-likeness (QED) is 0.454. The molecule has 3 rings (SSSR count). The van der Waals surface area contributed by atoms with Crippen LogP contribution in [0, 0.1) is 0 Å². The molecule has 10 heteroatoms. The fourth-order valence-electron chi connectivity index (χ4n) is 3.18. The number of carbonyl (C=O) groups excluding carboxylic acids is 4. The summed E-state index contributed by atoms with van der Waals surface area (Å²) in [5, 5.41) is 2.60. The van der Waals surface area contributed by atoms with Gasteiger partial charge in [-0.1, -0.05) is 12.1 Å². The van der Waals surface area contributed by atoms with Crippen LogP contribution in [0.15, 0.2) is 36.4 Å². The number of imide groups is 1. The molecule has 0 aliphatic carbocycles. The van der Waals surface area contributed by atoms with Crippen LogP contribution in [-0.4, -0.2) is 63.1 Å². The molecule has 0 bridgehead atoms. The molecule has 2 aromatic rings. The Morgan fingerprint density at radius 2 is 1.44 bits per heavy atom. The molecule has 32 heavy (non-hydrogen) atoms. The molecule has 1 aliphatic rings. The van der Waals surface area contributed by atoms with Crippen molar-refractivity contribution in [3.8, 4) is 17.2 Å². The number of fused-ring (bicyclic) bond motifs is 1. The second kappa shape index (κ2) is 9.82. The van der Waals surface area contributed by atoms with Gasteiger partial charge >= 0.3 is 5.97 Å². The Hall–Kier alpha value is -4.08. The Morgan fingerprint density at radius 1 is 0.875 bits per heavy atom. The van der Waals surface area contributed by atoms with E-state index >= 15 is 0 Å². The summed E-state index contributed by atoms with van der Waals surface area (Å²) in [6.07, 6.45) is 0. The molecule has 168 valence electrons. The standard InChI is InChI=1S/C22H22N2O8/c1-29-16-9-18(31-3)17(30-2)8-13(16)10-23-19(25)12-32-20(26)11-24-21(27)14-6-4-5-7-15(14)22(24)28/h4-9H,10-12H2,1-3H3,(H,23,25). The molecular formula is C22H22N2O8. The van der Waals surface area contributed by atoms with Crippen LogP contribution in [0.2, 0.25) is 0 Å². The van der Waals surface area contributed by atoms with Crippen LogP contribution < -0.4 is 19.5 Å². The van der Waals surface area contributed by atoms with Crippen molar-refractivity contribution in [3.05, 3.63) is 53.1 Å². The summed E-state index contributed by atoms with van der Waals surface area (Å²) >= 11 is 0. The number of nitrogens with one attached hydrogen (secondary N) is 1. The fourth-order valence-corrected chi connectivity index (χ4v) is 3.18. The molecule has 0 aromatic heterocycles. The smallest absolute Gasteiger partial charge is 0.326 e. The van der Waals surface area contributed by atoms with Crippen molar-refractivity contribution in [1.82, 2.24) is 10.2 Å². The summed E-state index contributed by atoms with van der Waals surface area (Å²) in [6.45, 7) is -1.07. The van der Waals surface area contributed by atoms with Crippen LogP contribution in [0.3, 0.4) is 0 Å². The zero-order valence-corrected chi connectivity index (χ0v) is 17.8. The van der Waals surface area contributed by atoms with Gasteiger partial charge in [-0.2, -0.15) is 0 Å². The molecule has 0 radical (unpaired) electrons. The number of hydrogen-bond donors (Lipinski definition) is 1. The van der Waals surface area contributed by atoms with E-state index in [-0.39, 0.29) is 17.7 Å². The SMILES string of the molecule is COc1cc(OC)c(OC)cc1CNC(=O)COC(=O)CN1C(=O)c2ccccc2C1=O. The molecule has 0 spiro atoms. The summed E-state index contributed by atoms with van der Waals surface area (Å²) in [7, 11) is 4.46. The Morgan fingerprint density at radius 3 is 2.00 bits per heavy atom. The number of amides is 3. The Labute approximate surface area is 184 Å². The minimum absolute atomic E-state index is 0.0817. The highest BCUT2D eigenvalue weighted by Crippen LogP contribution is 2.34. The second-order valence-corrected chi connectivity index (χ2v) is 6.70. The lowest BCUT2D eigenvalue weighted by molar-refractivity contribution is -0.148. The van der Waals surface area contributed by atoms with E-state index in [4.69, 9.17) is 18.9 Å². The molecule has 3 amide bonds. The van der Waals surface area contributed by atoms with Gasteiger partial charge in [0.25, 0.3) is 17.7 Å². The van der Waals surface area contributed by atoms with Crippen molar-refractivity contribution in [2.75, 3.05) is 34.5 Å². The van der Waals surface area contributed by atoms with Gasteiger partial charge in [0.2, 0.25) is 0 Å². The molecule has 1 heterocycles. The zero-order valence-electron chi connectivity index (χ0n) is 17.8. The number of ether oxygens (including phenoxy) is 4. The van der Waals surface area contributed by atoms with Crippen molar-refractivity contribution < 1.29 is 38.1 Å². The normalized spacial score (nSPS) is 12.3. The van der Waals surface area contributed by atoms with Crippen LogP contribution >= 0.6 is 0 Å². The van der Waals surface area contributed by atoms with E-state index in [2.05, 4.69) is 5.32 Å². The van der Waals surface area contributed by atoms with Crippen molar-refractivity contribution >= 4 is 23.7 Å². The number of esters is 1. The van der Waals surface area contributed by atoms with Gasteiger partial charge in [-0.15, -0.1) is 0 Å². The highest BCUT2D eigenvalue weighted by atomic mass is 16.5. The molecule has 0 unspecified atom stereocenters. The van der Waals surface area contributed by atoms with Crippen LogP contribution in [0.1, 0.15) is 26.3 Å². The van der Waals surface area contributed by atoms with E-state index < -0.39 is 36.8 Å². The fraction of sp³-hybridized carbons (Fsp3) is 0.273. The summed E-state index contributed by atoms with van der Waals surface area (Å²) in [5.74, 6) is -1.19. The van der Waals surface area contributed by atoms with Gasteiger partial charge in [0.05, 0.1) is 32.5 Å². The molecular weight excluding hydrogens is 420 g/mol. The minimum atomic E-state index is -0.877. The van der Waals surface area contributed by atoms with Crippen molar-refractivity contribution in [3.63, 3.8) is 0 Å². The van der Waals surface area contributed by atoms with Gasteiger partial charge in [0, 0.05) is 18.2 Å². The Balaban J connectivity index is 1.52. The van der Waals surface area contributed by atoms with E-state index in [1.54, 1.807) is 24.3 Å². The third kappa shape index (κ3) is 4.64. The monoisotopic (exact) mass is 442 g/mol. The Kier molecular flexibility index (Phi) is 6.93. The predicted molar refractivity (Wildman–Crippen MR) is 111 cm³/mol. The van der Waals surface area contributed by atoms with E-state index in [0.29, 0.717) is 22.8 Å². The Bertz CT molecular complexity index is 1030. The topological polar surface area (TPSA) is 120 Å². The molecule has 10 nitrogen and oxygen atoms in total. The van der Waals surface area contributed by atoms with Gasteiger partial charge < -0.3 is 24.3 Å². The molecule has 0 saturated heterocycles. The maximum atomic E-state index is 12.3. The van der Waals surface area contributed by atoms with Gasteiger partial charge in [-0.05, 0) is 18.2 Å². The van der Waals surface area contributed by atoms with E-state index in [9.17, 15) is 19.2 Å². The number of hydrogen-bond acceptors (Lipinski definition) is 8. The minimum Gasteiger partial charge on any atom is -0.496 e. The first kappa shape index (κ1) is 22.6. The predicted octanol–water partition coefficient (Wildman–Crippen LogP) is 1.17. The number of carbonyl (C=O) groups is 4. The van der Waals surface area contributed by atoms with E-state index in [1.165, 1.54) is 33.5 Å². The summed E-state index contributed by atoms with van der Waals surface area (Å²) < 4.78 is 20.7. The van der Waals surface area contributed by atoms with Gasteiger partial charge in [-0.25, -0.2) is 0 Å². The maximum absolute atomic E-state index is 12.3. The third-order valence-electron chi connectivity index (χ3n) is 4.79. The van der Waals surface area contributed by atoms with Crippen molar-refractivity contribution in [1.29, 1.82) is 0 Å². The lowest BCUT2D eigenvalue weighted by atomic mass is 10.1. The number of rotatable bonds is 9. The molecule has 1 N–H and O–H groups in total. The van der Waals surface area contributed by atoms with Gasteiger partial charge in [0.1, 0.15) is 12.3 Å². The second-order valence-electron chi connectivity index (χ2n) is 6.70. The molecule has 1 aliphatic heterocycles. The van der Waals surface area contributed by atoms with Crippen LogP contribution in [0.5, 0.6) is 17.2 Å². The average Bonchev–Trinajstić information content (AvgIpc) is 3.05. The third-order valence-corrected chi connectivity index (χ3v) is 4.79. The molecule has 0 saturated carbocycles. The highest BCUT2D eigenvalue weighted by Gasteiger charge is 2.36. The van der Waals surface area contributed by atoms with Crippen LogP contribution in [-0.2, 0) is 20.9 Å². The van der Waals surface area contributed by atoms with Crippen LogP contribution in [0.4, 0.5) is 0 Å². The summed E-state index contributed by atoms with van der Waals surface area (Å²) in [4.78, 5) is 49.5. The molecule has 0 atom stereocenters. The molecule has 0 fully saturated rings. The lowest BCUT2D eigenvalue weighted by Gasteiger charge is -2.15. The van der Waals surface area contributed by atoms with Crippen LogP contribution in [0.25, 0.3) is 0 Å². The maximum Gasteiger partial charge on any atom is 0.326 e. The first-order valence-corrected chi connectivity index (χ1v) is 9.56. The summed E-state index contributed by atoms with van der Waals surface area (Å²) in [6, 6.07) is 9.56. The lowest BCUT2D eigenvalue weighted by Crippen LogP contribution is -2.37. The average molecular weight is 442 g/mol. The first-order valence-electron chi connectivity index (χ1n) is 9.56. The van der Waals surface area contributed by atoms with E-state index in [0.717, 1.165) is 4.90 Å². The van der Waals surface area contributed by atoms with Crippen molar-refractivity contribution in [2.45, 2.75) is 6.54 Å². The van der Waals surface area contributed by atoms with E-state index in [1.807, 2.05) is 0 Å².